The number of ether oxygens (including phenoxy) is 1. The maximum Gasteiger partial charge on any atom is 0.224 e. The molecule has 0 aliphatic heterocycles. The van der Waals surface area contributed by atoms with Crippen molar-refractivity contribution in [1.29, 1.82) is 0 Å². The van der Waals surface area contributed by atoms with Crippen molar-refractivity contribution in [3.8, 4) is 5.75 Å². The third kappa shape index (κ3) is 8.08. The zero-order valence-electron chi connectivity index (χ0n) is 20.4. The van der Waals surface area contributed by atoms with E-state index >= 15 is 0 Å². The van der Waals surface area contributed by atoms with E-state index in [1.807, 2.05) is 36.4 Å². The molecule has 184 valence electrons. The Bertz CT molecular complexity index is 930. The van der Waals surface area contributed by atoms with Gasteiger partial charge in [-0.1, -0.05) is 42.8 Å². The Morgan fingerprint density at radius 3 is 2.53 bits per heavy atom. The van der Waals surface area contributed by atoms with E-state index in [1.165, 1.54) is 11.1 Å². The molecule has 0 saturated heterocycles. The van der Waals surface area contributed by atoms with Crippen molar-refractivity contribution in [2.24, 2.45) is 5.92 Å². The van der Waals surface area contributed by atoms with Crippen molar-refractivity contribution in [2.45, 2.75) is 64.2 Å². The lowest BCUT2D eigenvalue weighted by molar-refractivity contribution is -0.121. The minimum atomic E-state index is 0.0496. The number of nitrogens with two attached hydrogens (primary N) is 1. The molecule has 6 nitrogen and oxygen atoms in total. The van der Waals surface area contributed by atoms with Crippen LogP contribution in [-0.4, -0.2) is 32.0 Å². The van der Waals surface area contributed by atoms with Crippen molar-refractivity contribution < 1.29 is 14.3 Å². The number of amides is 2. The van der Waals surface area contributed by atoms with E-state index in [9.17, 15) is 9.59 Å². The lowest BCUT2D eigenvalue weighted by Crippen LogP contribution is -2.26. The van der Waals surface area contributed by atoms with E-state index in [0.29, 0.717) is 25.3 Å². The molecule has 2 amide bonds. The van der Waals surface area contributed by atoms with E-state index < -0.39 is 0 Å². The molecular weight excluding hydrogens is 426 g/mol. The normalized spacial score (nSPS) is 14.8. The summed E-state index contributed by atoms with van der Waals surface area (Å²) in [6.45, 7) is 1.40. The summed E-state index contributed by atoms with van der Waals surface area (Å²) < 4.78 is 5.33. The zero-order chi connectivity index (χ0) is 24.2. The van der Waals surface area contributed by atoms with Crippen LogP contribution in [0.5, 0.6) is 5.75 Å². The van der Waals surface area contributed by atoms with Crippen LogP contribution in [-0.2, 0) is 28.9 Å². The minimum Gasteiger partial charge on any atom is -0.495 e. The summed E-state index contributed by atoms with van der Waals surface area (Å²) in [5, 5.41) is 6.01. The maximum absolute atomic E-state index is 12.1. The highest BCUT2D eigenvalue weighted by molar-refractivity contribution is 5.78. The number of nitrogens with one attached hydrogen (secondary N) is 2. The molecule has 6 heteroatoms. The summed E-state index contributed by atoms with van der Waals surface area (Å²) in [6, 6.07) is 13.9. The topological polar surface area (TPSA) is 93.4 Å². The third-order valence-electron chi connectivity index (χ3n) is 6.67. The van der Waals surface area contributed by atoms with Crippen LogP contribution in [0.3, 0.4) is 0 Å². The number of carbonyl (C=O) groups is 2. The molecule has 0 fully saturated rings. The number of methoxy groups -OCH3 is 1. The molecule has 1 aliphatic carbocycles. The Kier molecular flexibility index (Phi) is 10.3. The maximum atomic E-state index is 12.1. The highest BCUT2D eigenvalue weighted by Gasteiger charge is 2.21. The monoisotopic (exact) mass is 465 g/mol. The van der Waals surface area contributed by atoms with Gasteiger partial charge in [0.25, 0.3) is 0 Å². The number of rotatable bonds is 13. The SMILES string of the molecule is COc1ccc2c(c1N)CC[C@@H](CCCNC(=O)CCCCCNC(=O)Cc1ccccc1)C2. The molecule has 1 atom stereocenters. The molecule has 34 heavy (non-hydrogen) atoms. The quantitative estimate of drug-likeness (QED) is 0.305. The second-order valence-electron chi connectivity index (χ2n) is 9.24. The van der Waals surface area contributed by atoms with Gasteiger partial charge in [0.15, 0.2) is 0 Å². The number of hydrogen-bond acceptors (Lipinski definition) is 4. The van der Waals surface area contributed by atoms with Gasteiger partial charge in [0.1, 0.15) is 5.75 Å². The molecule has 0 spiro atoms. The van der Waals surface area contributed by atoms with Gasteiger partial charge in [-0.3, -0.25) is 9.59 Å². The summed E-state index contributed by atoms with van der Waals surface area (Å²) in [4.78, 5) is 24.0. The Balaban J connectivity index is 1.19. The van der Waals surface area contributed by atoms with E-state index in [2.05, 4.69) is 16.7 Å². The van der Waals surface area contributed by atoms with Crippen LogP contribution in [0, 0.1) is 5.92 Å². The van der Waals surface area contributed by atoms with Gasteiger partial charge in [-0.05, 0) is 73.6 Å². The molecule has 0 unspecified atom stereocenters. The zero-order valence-corrected chi connectivity index (χ0v) is 20.4. The fourth-order valence-electron chi connectivity index (χ4n) is 4.73. The molecule has 1 aliphatic rings. The van der Waals surface area contributed by atoms with Crippen LogP contribution in [0.1, 0.15) is 61.6 Å². The van der Waals surface area contributed by atoms with E-state index in [-0.39, 0.29) is 11.8 Å². The molecule has 0 saturated carbocycles. The van der Waals surface area contributed by atoms with Crippen molar-refractivity contribution >= 4 is 17.5 Å². The number of nitrogen functional groups attached to an aromatic ring is 1. The first-order chi connectivity index (χ1) is 16.6. The van der Waals surface area contributed by atoms with Gasteiger partial charge in [0, 0.05) is 19.5 Å². The summed E-state index contributed by atoms with van der Waals surface area (Å²) in [6.07, 6.45) is 8.97. The van der Waals surface area contributed by atoms with Gasteiger partial charge in [0.2, 0.25) is 11.8 Å². The summed E-state index contributed by atoms with van der Waals surface area (Å²) in [7, 11) is 1.66. The van der Waals surface area contributed by atoms with Gasteiger partial charge in [0.05, 0.1) is 19.2 Å². The van der Waals surface area contributed by atoms with E-state index in [1.54, 1.807) is 7.11 Å². The summed E-state index contributed by atoms with van der Waals surface area (Å²) >= 11 is 0. The molecular formula is C28H39N3O3. The van der Waals surface area contributed by atoms with Gasteiger partial charge in [-0.15, -0.1) is 0 Å². The first-order valence-electron chi connectivity index (χ1n) is 12.6. The Morgan fingerprint density at radius 1 is 0.971 bits per heavy atom. The Hall–Kier alpha value is -3.02. The van der Waals surface area contributed by atoms with Crippen LogP contribution < -0.4 is 21.1 Å². The fourth-order valence-corrected chi connectivity index (χ4v) is 4.73. The van der Waals surface area contributed by atoms with Gasteiger partial charge in [-0.2, -0.15) is 0 Å². The fraction of sp³-hybridized carbons (Fsp3) is 0.500. The Morgan fingerprint density at radius 2 is 1.74 bits per heavy atom. The van der Waals surface area contributed by atoms with Crippen LogP contribution >= 0.6 is 0 Å². The molecule has 0 radical (unpaired) electrons. The highest BCUT2D eigenvalue weighted by atomic mass is 16.5. The minimum absolute atomic E-state index is 0.0496. The Labute approximate surface area is 203 Å². The summed E-state index contributed by atoms with van der Waals surface area (Å²) in [5.41, 5.74) is 10.6. The van der Waals surface area contributed by atoms with Crippen LogP contribution in [0.2, 0.25) is 0 Å². The molecule has 3 rings (SSSR count). The van der Waals surface area contributed by atoms with E-state index in [4.69, 9.17) is 10.5 Å². The van der Waals surface area contributed by atoms with Gasteiger partial charge in [-0.25, -0.2) is 0 Å². The average molecular weight is 466 g/mol. The van der Waals surface area contributed by atoms with Gasteiger partial charge >= 0.3 is 0 Å². The summed E-state index contributed by atoms with van der Waals surface area (Å²) in [5.74, 6) is 1.59. The molecule has 2 aromatic rings. The standard InChI is InChI=1S/C28H39N3O3/c1-34-25-16-14-23-19-22(13-15-24(23)28(25)29)11-8-18-30-26(32)12-6-3-7-17-31-27(33)20-21-9-4-2-5-10-21/h2,4-5,9-10,14,16,22H,3,6-8,11-13,15,17-20,29H2,1H3,(H,30,32)(H,31,33)/t22-/m1/s1. The number of benzene rings is 2. The molecule has 0 heterocycles. The predicted molar refractivity (Wildman–Crippen MR) is 137 cm³/mol. The van der Waals surface area contributed by atoms with Crippen LogP contribution in [0.4, 0.5) is 5.69 Å². The number of hydrogen-bond donors (Lipinski definition) is 3. The highest BCUT2D eigenvalue weighted by Crippen LogP contribution is 2.36. The van der Waals surface area contributed by atoms with E-state index in [0.717, 1.165) is 74.9 Å². The largest absolute Gasteiger partial charge is 0.495 e. The first-order valence-corrected chi connectivity index (χ1v) is 12.6. The van der Waals surface area contributed by atoms with Crippen LogP contribution in [0.15, 0.2) is 42.5 Å². The first kappa shape index (κ1) is 25.6. The molecule has 4 N–H and O–H groups in total. The van der Waals surface area contributed by atoms with Crippen molar-refractivity contribution in [2.75, 3.05) is 25.9 Å². The van der Waals surface area contributed by atoms with Crippen LogP contribution in [0.25, 0.3) is 0 Å². The third-order valence-corrected chi connectivity index (χ3v) is 6.67. The number of carbonyl (C=O) groups excluding carboxylic acids is 2. The lowest BCUT2D eigenvalue weighted by Gasteiger charge is -2.26. The van der Waals surface area contributed by atoms with Crippen molar-refractivity contribution in [3.05, 3.63) is 59.2 Å². The van der Waals surface area contributed by atoms with Crippen molar-refractivity contribution in [3.63, 3.8) is 0 Å². The average Bonchev–Trinajstić information content (AvgIpc) is 2.85. The van der Waals surface area contributed by atoms with Crippen molar-refractivity contribution in [1.82, 2.24) is 10.6 Å². The molecule has 0 bridgehead atoms. The second kappa shape index (κ2) is 13.6. The lowest BCUT2D eigenvalue weighted by atomic mass is 9.81. The molecule has 2 aromatic carbocycles. The second-order valence-corrected chi connectivity index (χ2v) is 9.24. The number of anilines is 1. The number of fused-ring (bicyclic) bond motifs is 1. The predicted octanol–water partition coefficient (Wildman–Crippen LogP) is 4.20. The smallest absolute Gasteiger partial charge is 0.224 e. The molecule has 0 aromatic heterocycles. The van der Waals surface area contributed by atoms with Gasteiger partial charge < -0.3 is 21.1 Å². The number of unbranched alkanes of at least 4 members (excludes halogenated alkanes) is 2.